The maximum absolute atomic E-state index is 13.2. The van der Waals surface area contributed by atoms with Crippen LogP contribution >= 0.6 is 0 Å². The molecule has 2 heterocycles. The first-order valence-corrected chi connectivity index (χ1v) is 9.06. The number of aromatic amines is 1. The number of nitrogens with zero attached hydrogens (tertiary/aromatic N) is 5. The second kappa shape index (κ2) is 7.67. The molecule has 0 amide bonds. The molecular weight excluding hydrogens is 371 g/mol. The highest BCUT2D eigenvalue weighted by Gasteiger charge is 2.15. The number of halogens is 1. The van der Waals surface area contributed by atoms with Gasteiger partial charge in [-0.25, -0.2) is 18.7 Å². The molecule has 4 rings (SSSR count). The number of nitrogens with one attached hydrogen (secondary N) is 1. The Labute approximate surface area is 166 Å². The van der Waals surface area contributed by atoms with Crippen LogP contribution in [0.15, 0.2) is 71.0 Å². The number of benzene rings is 2. The molecule has 0 fully saturated rings. The molecule has 8 heteroatoms. The van der Waals surface area contributed by atoms with Gasteiger partial charge in [0.1, 0.15) is 18.5 Å². The third kappa shape index (κ3) is 3.91. The summed E-state index contributed by atoms with van der Waals surface area (Å²) in [6, 6.07) is 13.5. The number of H-pyrrole nitrogens is 1. The Bertz CT molecular complexity index is 1200. The smallest absolute Gasteiger partial charge is 0.280 e. The van der Waals surface area contributed by atoms with Crippen LogP contribution in [0.3, 0.4) is 0 Å². The van der Waals surface area contributed by atoms with E-state index in [0.29, 0.717) is 29.2 Å². The zero-order valence-corrected chi connectivity index (χ0v) is 16.0. The van der Waals surface area contributed by atoms with E-state index in [0.717, 1.165) is 11.3 Å². The van der Waals surface area contributed by atoms with Crippen LogP contribution in [0.5, 0.6) is 0 Å². The minimum absolute atomic E-state index is 0.224. The van der Waals surface area contributed by atoms with Gasteiger partial charge >= 0.3 is 0 Å². The SMILES string of the molecule is CC(=Nc1ccc(Cn2cncn2)cc1)c1c(C)[nH]n(-c2ccc(F)cc2)c1=O. The Hall–Kier alpha value is -3.81. The summed E-state index contributed by atoms with van der Waals surface area (Å²) >= 11 is 0. The lowest BCUT2D eigenvalue weighted by Gasteiger charge is -2.03. The summed E-state index contributed by atoms with van der Waals surface area (Å²) in [6.07, 6.45) is 3.16. The summed E-state index contributed by atoms with van der Waals surface area (Å²) in [5.74, 6) is -0.352. The summed E-state index contributed by atoms with van der Waals surface area (Å²) < 4.78 is 16.3. The lowest BCUT2D eigenvalue weighted by molar-refractivity contribution is 0.627. The lowest BCUT2D eigenvalue weighted by atomic mass is 10.1. The maximum atomic E-state index is 13.2. The van der Waals surface area contributed by atoms with E-state index in [1.807, 2.05) is 31.2 Å². The van der Waals surface area contributed by atoms with Gasteiger partial charge in [-0.15, -0.1) is 0 Å². The fourth-order valence-corrected chi connectivity index (χ4v) is 3.17. The molecule has 146 valence electrons. The molecule has 0 radical (unpaired) electrons. The van der Waals surface area contributed by atoms with E-state index in [-0.39, 0.29) is 11.4 Å². The van der Waals surface area contributed by atoms with Gasteiger partial charge in [0.25, 0.3) is 5.56 Å². The monoisotopic (exact) mass is 390 g/mol. The van der Waals surface area contributed by atoms with Crippen LogP contribution in [-0.2, 0) is 6.54 Å². The predicted octanol–water partition coefficient (Wildman–Crippen LogP) is 3.39. The molecule has 0 aliphatic carbocycles. The second-order valence-electron chi connectivity index (χ2n) is 6.69. The minimum Gasteiger partial charge on any atom is -0.295 e. The van der Waals surface area contributed by atoms with Crippen molar-refractivity contribution in [2.75, 3.05) is 0 Å². The maximum Gasteiger partial charge on any atom is 0.280 e. The van der Waals surface area contributed by atoms with Crippen molar-refractivity contribution in [3.8, 4) is 5.69 Å². The summed E-state index contributed by atoms with van der Waals surface area (Å²) in [6.45, 7) is 4.25. The van der Waals surface area contributed by atoms with E-state index in [9.17, 15) is 9.18 Å². The van der Waals surface area contributed by atoms with Crippen LogP contribution in [0.2, 0.25) is 0 Å². The summed E-state index contributed by atoms with van der Waals surface area (Å²) in [5.41, 5.74) is 3.97. The normalized spacial score (nSPS) is 11.8. The van der Waals surface area contributed by atoms with Crippen LogP contribution in [0.4, 0.5) is 10.1 Å². The molecule has 0 saturated heterocycles. The van der Waals surface area contributed by atoms with Crippen molar-refractivity contribution in [1.29, 1.82) is 0 Å². The highest BCUT2D eigenvalue weighted by Crippen LogP contribution is 2.16. The van der Waals surface area contributed by atoms with Gasteiger partial charge in [-0.05, 0) is 55.8 Å². The molecule has 0 atom stereocenters. The van der Waals surface area contributed by atoms with Gasteiger partial charge in [-0.1, -0.05) is 12.1 Å². The third-order valence-electron chi connectivity index (χ3n) is 4.56. The van der Waals surface area contributed by atoms with Crippen molar-refractivity contribution in [3.05, 3.63) is 94.2 Å². The molecule has 0 saturated carbocycles. The van der Waals surface area contributed by atoms with Crippen LogP contribution in [0.25, 0.3) is 5.69 Å². The topological polar surface area (TPSA) is 80.9 Å². The molecule has 1 N–H and O–H groups in total. The molecule has 2 aromatic carbocycles. The fourth-order valence-electron chi connectivity index (χ4n) is 3.17. The fraction of sp³-hybridized carbons (Fsp3) is 0.143. The number of aliphatic imine (C=N–C) groups is 1. The van der Waals surface area contributed by atoms with E-state index in [2.05, 4.69) is 20.2 Å². The molecule has 0 spiro atoms. The first-order chi connectivity index (χ1) is 14.0. The molecule has 29 heavy (non-hydrogen) atoms. The second-order valence-corrected chi connectivity index (χ2v) is 6.69. The molecular formula is C21H19FN6O. The number of hydrogen-bond acceptors (Lipinski definition) is 4. The zero-order chi connectivity index (χ0) is 20.4. The average molecular weight is 390 g/mol. The van der Waals surface area contributed by atoms with Gasteiger partial charge in [-0.3, -0.25) is 14.9 Å². The van der Waals surface area contributed by atoms with Crippen molar-refractivity contribution < 1.29 is 4.39 Å². The standard InChI is InChI=1S/C21H19FN6O/c1-14(25-18-7-3-16(4-8-18)11-27-13-23-12-24-27)20-15(2)26-28(21(20)29)19-9-5-17(22)6-10-19/h3-10,12-13,26H,11H2,1-2H3. The summed E-state index contributed by atoms with van der Waals surface area (Å²) in [5, 5.41) is 7.12. The van der Waals surface area contributed by atoms with Crippen molar-refractivity contribution in [3.63, 3.8) is 0 Å². The zero-order valence-electron chi connectivity index (χ0n) is 16.0. The number of hydrogen-bond donors (Lipinski definition) is 1. The van der Waals surface area contributed by atoms with E-state index in [1.165, 1.54) is 23.1 Å². The highest BCUT2D eigenvalue weighted by atomic mass is 19.1. The van der Waals surface area contributed by atoms with Crippen molar-refractivity contribution in [2.45, 2.75) is 20.4 Å². The van der Waals surface area contributed by atoms with Crippen LogP contribution in [-0.4, -0.2) is 30.3 Å². The molecule has 7 nitrogen and oxygen atoms in total. The van der Waals surface area contributed by atoms with Crippen LogP contribution in [0.1, 0.15) is 23.7 Å². The summed E-state index contributed by atoms with van der Waals surface area (Å²) in [7, 11) is 0. The Morgan fingerprint density at radius 2 is 1.86 bits per heavy atom. The van der Waals surface area contributed by atoms with Gasteiger partial charge in [-0.2, -0.15) is 5.10 Å². The first-order valence-electron chi connectivity index (χ1n) is 9.06. The Morgan fingerprint density at radius 3 is 2.52 bits per heavy atom. The molecule has 0 aliphatic heterocycles. The molecule has 2 aromatic heterocycles. The third-order valence-corrected chi connectivity index (χ3v) is 4.56. The summed E-state index contributed by atoms with van der Waals surface area (Å²) in [4.78, 5) is 21.4. The minimum atomic E-state index is -0.352. The van der Waals surface area contributed by atoms with Crippen molar-refractivity contribution in [2.24, 2.45) is 4.99 Å². The predicted molar refractivity (Wildman–Crippen MR) is 109 cm³/mol. The van der Waals surface area contributed by atoms with Gasteiger partial charge in [0, 0.05) is 5.69 Å². The molecule has 0 unspecified atom stereocenters. The Balaban J connectivity index is 1.60. The highest BCUT2D eigenvalue weighted by molar-refractivity contribution is 6.00. The lowest BCUT2D eigenvalue weighted by Crippen LogP contribution is -2.19. The Morgan fingerprint density at radius 1 is 1.14 bits per heavy atom. The van der Waals surface area contributed by atoms with E-state index in [4.69, 9.17) is 0 Å². The van der Waals surface area contributed by atoms with E-state index < -0.39 is 0 Å². The van der Waals surface area contributed by atoms with Gasteiger partial charge in [0.2, 0.25) is 0 Å². The van der Waals surface area contributed by atoms with Gasteiger partial charge < -0.3 is 0 Å². The van der Waals surface area contributed by atoms with Gasteiger partial charge in [0.05, 0.1) is 29.2 Å². The molecule has 0 aliphatic rings. The largest absolute Gasteiger partial charge is 0.295 e. The molecule has 4 aromatic rings. The average Bonchev–Trinajstić information content (AvgIpc) is 3.31. The number of aromatic nitrogens is 5. The quantitative estimate of drug-likeness (QED) is 0.531. The molecule has 0 bridgehead atoms. The van der Waals surface area contributed by atoms with E-state index in [1.54, 1.807) is 30.1 Å². The van der Waals surface area contributed by atoms with Crippen LogP contribution < -0.4 is 5.56 Å². The van der Waals surface area contributed by atoms with Crippen molar-refractivity contribution >= 4 is 11.4 Å². The first kappa shape index (κ1) is 18.5. The Kier molecular flexibility index (Phi) is 4.90. The van der Waals surface area contributed by atoms with Crippen molar-refractivity contribution in [1.82, 2.24) is 24.5 Å². The number of rotatable bonds is 5. The van der Waals surface area contributed by atoms with Crippen LogP contribution in [0, 0.1) is 12.7 Å². The number of aryl methyl sites for hydroxylation is 1. The van der Waals surface area contributed by atoms with Gasteiger partial charge in [0.15, 0.2) is 0 Å². The van der Waals surface area contributed by atoms with E-state index >= 15 is 0 Å².